The van der Waals surface area contributed by atoms with Crippen LogP contribution in [-0.2, 0) is 9.59 Å². The molecular formula is C12H12O5S. The molecule has 0 heterocycles. The third kappa shape index (κ3) is 4.58. The van der Waals surface area contributed by atoms with Crippen molar-refractivity contribution in [1.29, 1.82) is 0 Å². The fourth-order valence-corrected chi connectivity index (χ4v) is 2.18. The van der Waals surface area contributed by atoms with E-state index in [0.29, 0.717) is 5.56 Å². The molecule has 0 aromatic heterocycles. The lowest BCUT2D eigenvalue weighted by molar-refractivity contribution is -0.142. The number of carbonyl (C=O) groups is 3. The van der Waals surface area contributed by atoms with Crippen molar-refractivity contribution in [2.75, 3.05) is 5.75 Å². The fourth-order valence-electron chi connectivity index (χ4n) is 1.26. The topological polar surface area (TPSA) is 91.7 Å². The Labute approximate surface area is 108 Å². The number of rotatable bonds is 7. The standard InChI is InChI=1S/C12H12O5S/c13-9(8-4-2-1-3-5-8)7-18-10(12(16)17)6-11(14)15/h1-5,10H,6-7H2,(H,14,15)(H,16,17)/t10-/m0/s1. The van der Waals surface area contributed by atoms with Gasteiger partial charge in [0.2, 0.25) is 0 Å². The SMILES string of the molecule is O=C(O)C[C@H](SCC(=O)c1ccccc1)C(=O)O. The molecule has 0 amide bonds. The predicted molar refractivity (Wildman–Crippen MR) is 66.9 cm³/mol. The van der Waals surface area contributed by atoms with Gasteiger partial charge in [-0.15, -0.1) is 11.8 Å². The van der Waals surface area contributed by atoms with Crippen molar-refractivity contribution in [2.24, 2.45) is 0 Å². The molecule has 1 atom stereocenters. The van der Waals surface area contributed by atoms with E-state index in [1.54, 1.807) is 30.3 Å². The molecule has 5 nitrogen and oxygen atoms in total. The van der Waals surface area contributed by atoms with Crippen LogP contribution in [0.1, 0.15) is 16.8 Å². The molecule has 2 N–H and O–H groups in total. The smallest absolute Gasteiger partial charge is 0.317 e. The second kappa shape index (κ2) is 6.80. The summed E-state index contributed by atoms with van der Waals surface area (Å²) in [5.74, 6) is -2.67. The van der Waals surface area contributed by atoms with Crippen LogP contribution in [0, 0.1) is 0 Å². The summed E-state index contributed by atoms with van der Waals surface area (Å²) in [4.78, 5) is 33.0. The highest BCUT2D eigenvalue weighted by molar-refractivity contribution is 8.01. The number of hydrogen-bond acceptors (Lipinski definition) is 4. The summed E-state index contributed by atoms with van der Waals surface area (Å²) in [6, 6.07) is 8.47. The van der Waals surface area contributed by atoms with Crippen LogP contribution in [0.5, 0.6) is 0 Å². The van der Waals surface area contributed by atoms with Crippen molar-refractivity contribution >= 4 is 29.5 Å². The van der Waals surface area contributed by atoms with Gasteiger partial charge < -0.3 is 10.2 Å². The average Bonchev–Trinajstić information content (AvgIpc) is 2.34. The van der Waals surface area contributed by atoms with E-state index in [0.717, 1.165) is 11.8 Å². The van der Waals surface area contributed by atoms with E-state index < -0.39 is 23.6 Å². The van der Waals surface area contributed by atoms with Crippen LogP contribution in [0.15, 0.2) is 30.3 Å². The van der Waals surface area contributed by atoms with E-state index in [-0.39, 0.29) is 11.5 Å². The van der Waals surface area contributed by atoms with E-state index in [4.69, 9.17) is 10.2 Å². The molecule has 0 spiro atoms. The van der Waals surface area contributed by atoms with E-state index in [1.165, 1.54) is 0 Å². The van der Waals surface area contributed by atoms with Crippen molar-refractivity contribution in [3.63, 3.8) is 0 Å². The second-order valence-corrected chi connectivity index (χ2v) is 4.72. The normalized spacial score (nSPS) is 11.8. The Morgan fingerprint density at radius 1 is 1.11 bits per heavy atom. The van der Waals surface area contributed by atoms with Gasteiger partial charge in [-0.1, -0.05) is 30.3 Å². The highest BCUT2D eigenvalue weighted by Gasteiger charge is 2.22. The molecule has 0 unspecified atom stereocenters. The maximum Gasteiger partial charge on any atom is 0.317 e. The lowest BCUT2D eigenvalue weighted by atomic mass is 10.2. The number of ketones is 1. The molecule has 0 saturated heterocycles. The molecule has 1 aromatic rings. The van der Waals surface area contributed by atoms with Crippen LogP contribution in [-0.4, -0.2) is 38.9 Å². The average molecular weight is 268 g/mol. The van der Waals surface area contributed by atoms with E-state index in [9.17, 15) is 14.4 Å². The molecule has 0 aliphatic heterocycles. The van der Waals surface area contributed by atoms with Crippen LogP contribution in [0.2, 0.25) is 0 Å². The van der Waals surface area contributed by atoms with Gasteiger partial charge in [-0.3, -0.25) is 14.4 Å². The molecule has 0 radical (unpaired) electrons. The Hall–Kier alpha value is -1.82. The zero-order chi connectivity index (χ0) is 13.5. The van der Waals surface area contributed by atoms with E-state index in [1.807, 2.05) is 0 Å². The maximum atomic E-state index is 11.7. The minimum Gasteiger partial charge on any atom is -0.481 e. The van der Waals surface area contributed by atoms with Crippen LogP contribution in [0.4, 0.5) is 0 Å². The zero-order valence-corrected chi connectivity index (χ0v) is 10.2. The van der Waals surface area contributed by atoms with E-state index >= 15 is 0 Å². The molecule has 0 aliphatic rings. The first-order chi connectivity index (χ1) is 8.50. The summed E-state index contributed by atoms with van der Waals surface area (Å²) in [5.41, 5.74) is 0.490. The van der Waals surface area contributed by atoms with Crippen molar-refractivity contribution in [2.45, 2.75) is 11.7 Å². The van der Waals surface area contributed by atoms with Gasteiger partial charge in [0.15, 0.2) is 5.78 Å². The monoisotopic (exact) mass is 268 g/mol. The van der Waals surface area contributed by atoms with Gasteiger partial charge in [0, 0.05) is 5.56 Å². The minimum absolute atomic E-state index is 0.0474. The maximum absolute atomic E-state index is 11.7. The summed E-state index contributed by atoms with van der Waals surface area (Å²) < 4.78 is 0. The quantitative estimate of drug-likeness (QED) is 0.729. The molecule has 96 valence electrons. The lowest BCUT2D eigenvalue weighted by Gasteiger charge is -2.08. The van der Waals surface area contributed by atoms with Crippen molar-refractivity contribution < 1.29 is 24.6 Å². The van der Waals surface area contributed by atoms with Crippen LogP contribution < -0.4 is 0 Å². The summed E-state index contributed by atoms with van der Waals surface area (Å²) in [6.07, 6.45) is -0.498. The molecule has 1 rings (SSSR count). The van der Waals surface area contributed by atoms with Gasteiger partial charge in [-0.05, 0) is 0 Å². The minimum atomic E-state index is -1.22. The molecule has 0 fully saturated rings. The highest BCUT2D eigenvalue weighted by Crippen LogP contribution is 2.17. The van der Waals surface area contributed by atoms with Gasteiger partial charge in [0.1, 0.15) is 5.25 Å². The second-order valence-electron chi connectivity index (χ2n) is 3.52. The summed E-state index contributed by atoms with van der Waals surface area (Å²) in [5, 5.41) is 16.3. The first-order valence-electron chi connectivity index (χ1n) is 5.15. The number of hydrogen-bond donors (Lipinski definition) is 2. The predicted octanol–water partition coefficient (Wildman–Crippen LogP) is 1.53. The Kier molecular flexibility index (Phi) is 5.38. The Balaban J connectivity index is 2.55. The lowest BCUT2D eigenvalue weighted by Crippen LogP contribution is -2.22. The number of benzene rings is 1. The molecule has 1 aromatic carbocycles. The number of aliphatic carboxylic acids is 2. The van der Waals surface area contributed by atoms with Gasteiger partial charge in [-0.2, -0.15) is 0 Å². The number of thioether (sulfide) groups is 1. The zero-order valence-electron chi connectivity index (χ0n) is 9.41. The first-order valence-corrected chi connectivity index (χ1v) is 6.20. The molecule has 0 bridgehead atoms. The van der Waals surface area contributed by atoms with Gasteiger partial charge in [0.25, 0.3) is 0 Å². The van der Waals surface area contributed by atoms with Crippen LogP contribution in [0.3, 0.4) is 0 Å². The summed E-state index contributed by atoms with van der Waals surface area (Å²) in [6.45, 7) is 0. The highest BCUT2D eigenvalue weighted by atomic mass is 32.2. The number of Topliss-reactive ketones (excluding diaryl/α,β-unsaturated/α-hetero) is 1. The Morgan fingerprint density at radius 2 is 1.72 bits per heavy atom. The summed E-state index contributed by atoms with van der Waals surface area (Å²) in [7, 11) is 0. The first kappa shape index (κ1) is 14.2. The third-order valence-corrected chi connectivity index (χ3v) is 3.35. The third-order valence-electron chi connectivity index (χ3n) is 2.15. The van der Waals surface area contributed by atoms with Crippen molar-refractivity contribution in [3.05, 3.63) is 35.9 Å². The fraction of sp³-hybridized carbons (Fsp3) is 0.250. The van der Waals surface area contributed by atoms with Crippen LogP contribution in [0.25, 0.3) is 0 Å². The van der Waals surface area contributed by atoms with Gasteiger partial charge >= 0.3 is 11.9 Å². The number of carbonyl (C=O) groups excluding carboxylic acids is 1. The molecular weight excluding hydrogens is 256 g/mol. The molecule has 0 aliphatic carbocycles. The molecule has 0 saturated carbocycles. The molecule has 18 heavy (non-hydrogen) atoms. The van der Waals surface area contributed by atoms with Crippen molar-refractivity contribution in [3.8, 4) is 0 Å². The Morgan fingerprint density at radius 3 is 2.22 bits per heavy atom. The van der Waals surface area contributed by atoms with Crippen LogP contribution >= 0.6 is 11.8 Å². The molecule has 6 heteroatoms. The number of carboxylic acids is 2. The van der Waals surface area contributed by atoms with E-state index in [2.05, 4.69) is 0 Å². The van der Waals surface area contributed by atoms with Crippen molar-refractivity contribution in [1.82, 2.24) is 0 Å². The number of carboxylic acid groups (broad SMARTS) is 2. The van der Waals surface area contributed by atoms with Gasteiger partial charge in [-0.25, -0.2) is 0 Å². The Bertz CT molecular complexity index is 443. The largest absolute Gasteiger partial charge is 0.481 e. The van der Waals surface area contributed by atoms with Gasteiger partial charge in [0.05, 0.1) is 12.2 Å². The summed E-state index contributed by atoms with van der Waals surface area (Å²) >= 11 is 0.831.